The topological polar surface area (TPSA) is 52.6 Å². The average molecular weight is 597 g/mol. The number of halogens is 4. The van der Waals surface area contributed by atoms with Crippen molar-refractivity contribution in [1.82, 2.24) is 0 Å². The van der Waals surface area contributed by atoms with Crippen molar-refractivity contribution in [2.24, 2.45) is 0 Å². The Labute approximate surface area is 209 Å². The van der Waals surface area contributed by atoms with Crippen molar-refractivity contribution in [3.63, 3.8) is 0 Å². The van der Waals surface area contributed by atoms with Gasteiger partial charge in [0, 0.05) is 0 Å². The number of carbonyl (C=O) groups is 2. The second-order valence-electron chi connectivity index (χ2n) is 8.35. The Morgan fingerprint density at radius 3 is 1.10 bits per heavy atom. The van der Waals surface area contributed by atoms with Gasteiger partial charge in [0.1, 0.15) is 0 Å². The highest BCUT2D eigenvalue weighted by molar-refractivity contribution is 9.11. The van der Waals surface area contributed by atoms with Gasteiger partial charge in [-0.2, -0.15) is 0 Å². The van der Waals surface area contributed by atoms with Crippen LogP contribution in [0.4, 0.5) is 0 Å². The molecule has 30 heavy (non-hydrogen) atoms. The molecule has 0 amide bonds. The van der Waals surface area contributed by atoms with Crippen molar-refractivity contribution >= 4 is 67.0 Å². The number of carbonyl (C=O) groups excluding carboxylic acids is 2. The van der Waals surface area contributed by atoms with Gasteiger partial charge in [-0.05, 0) is 40.5 Å². The summed E-state index contributed by atoms with van der Waals surface area (Å²) in [4.78, 5) is 23.8. The first-order valence-electron chi connectivity index (χ1n) is 11.1. The minimum Gasteiger partial charge on any atom is -0.461 e. The summed E-state index contributed by atoms with van der Waals surface area (Å²) in [5.74, 6) is -0.801. The first-order chi connectivity index (χ1) is 13.9. The van der Waals surface area contributed by atoms with Gasteiger partial charge in [0.15, 0.2) is 7.57 Å². The summed E-state index contributed by atoms with van der Waals surface area (Å²) in [7, 11) is 0. The maximum atomic E-state index is 11.9. The number of rotatable bonds is 17. The van der Waals surface area contributed by atoms with Crippen LogP contribution < -0.4 is 0 Å². The van der Waals surface area contributed by atoms with Crippen LogP contribution in [0.2, 0.25) is 0 Å². The lowest BCUT2D eigenvalue weighted by Crippen LogP contribution is -2.29. The molecule has 0 spiro atoms. The highest BCUT2D eigenvalue weighted by Gasteiger charge is 2.35. The van der Waals surface area contributed by atoms with E-state index in [9.17, 15) is 9.59 Å². The van der Waals surface area contributed by atoms with Gasteiger partial charge in [-0.3, -0.25) is 0 Å². The van der Waals surface area contributed by atoms with E-state index in [1.807, 2.05) is 27.7 Å². The number of alkyl halides is 4. The van der Waals surface area contributed by atoms with Gasteiger partial charge in [-0.1, -0.05) is 119 Å². The lowest BCUT2D eigenvalue weighted by Gasteiger charge is -2.20. The number of hydrogen-bond donors (Lipinski definition) is 0. The third kappa shape index (κ3) is 15.3. The molecule has 0 aromatic rings. The Hall–Kier alpha value is 0.480. The van der Waals surface area contributed by atoms with Crippen molar-refractivity contribution in [2.75, 3.05) is 0 Å². The smallest absolute Gasteiger partial charge is 0.338 e. The van der Waals surface area contributed by atoms with E-state index in [4.69, 9.17) is 32.7 Å². The van der Waals surface area contributed by atoms with E-state index < -0.39 is 19.5 Å². The standard InChI is InChI=1S/C22H38Br2Cl2O4/c1-17(2)29-19(27)21(23,25)15-13-11-9-7-5-6-8-10-12-14-16-22(24,26)20(28)30-18(3)4/h17-18H,5-16H2,1-4H3. The molecule has 0 heterocycles. The number of unbranched alkanes of at least 4 members (excludes halogenated alkanes) is 9. The van der Waals surface area contributed by atoms with Gasteiger partial charge in [0.05, 0.1) is 12.2 Å². The van der Waals surface area contributed by atoms with Crippen molar-refractivity contribution in [1.29, 1.82) is 0 Å². The van der Waals surface area contributed by atoms with E-state index >= 15 is 0 Å². The van der Waals surface area contributed by atoms with Gasteiger partial charge < -0.3 is 9.47 Å². The van der Waals surface area contributed by atoms with Crippen LogP contribution in [0.3, 0.4) is 0 Å². The van der Waals surface area contributed by atoms with Crippen LogP contribution in [-0.2, 0) is 19.1 Å². The second-order valence-corrected chi connectivity index (χ2v) is 13.3. The predicted octanol–water partition coefficient (Wildman–Crippen LogP) is 8.23. The zero-order valence-electron chi connectivity index (χ0n) is 18.8. The first-order valence-corrected chi connectivity index (χ1v) is 13.4. The van der Waals surface area contributed by atoms with Crippen molar-refractivity contribution in [3.8, 4) is 0 Å². The molecule has 4 nitrogen and oxygen atoms in total. The van der Waals surface area contributed by atoms with Gasteiger partial charge in [0.2, 0.25) is 0 Å². The fourth-order valence-corrected chi connectivity index (χ4v) is 4.02. The summed E-state index contributed by atoms with van der Waals surface area (Å²) in [5, 5.41) is 0. The fourth-order valence-electron chi connectivity index (χ4n) is 2.91. The quantitative estimate of drug-likeness (QED) is 0.0964. The highest BCUT2D eigenvalue weighted by Crippen LogP contribution is 2.33. The zero-order chi connectivity index (χ0) is 23.2. The van der Waals surface area contributed by atoms with Crippen LogP contribution in [0.1, 0.15) is 105 Å². The summed E-state index contributed by atoms with van der Waals surface area (Å²) in [6, 6.07) is 0. The Balaban J connectivity index is 3.63. The summed E-state index contributed by atoms with van der Waals surface area (Å²) in [6.07, 6.45) is 11.9. The van der Waals surface area contributed by atoms with Crippen LogP contribution in [0.5, 0.6) is 0 Å². The molecule has 8 heteroatoms. The van der Waals surface area contributed by atoms with Gasteiger partial charge in [0.25, 0.3) is 0 Å². The molecule has 0 aliphatic carbocycles. The number of ether oxygens (including phenoxy) is 2. The third-order valence-corrected chi connectivity index (χ3v) is 6.64. The molecule has 2 atom stereocenters. The molecule has 0 aromatic heterocycles. The van der Waals surface area contributed by atoms with Gasteiger partial charge >= 0.3 is 11.9 Å². The molecule has 0 aliphatic rings. The van der Waals surface area contributed by atoms with Gasteiger partial charge in [-0.25, -0.2) is 9.59 Å². The van der Waals surface area contributed by atoms with E-state index in [1.165, 1.54) is 25.7 Å². The Morgan fingerprint density at radius 2 is 0.867 bits per heavy atom. The predicted molar refractivity (Wildman–Crippen MR) is 133 cm³/mol. The molecule has 0 rings (SSSR count). The van der Waals surface area contributed by atoms with E-state index in [0.29, 0.717) is 12.8 Å². The van der Waals surface area contributed by atoms with E-state index in [1.54, 1.807) is 0 Å². The van der Waals surface area contributed by atoms with E-state index in [0.717, 1.165) is 38.5 Å². The first kappa shape index (κ1) is 30.5. The summed E-state index contributed by atoms with van der Waals surface area (Å²) in [5.41, 5.74) is 0. The molecule has 0 radical (unpaired) electrons. The van der Waals surface area contributed by atoms with Crippen molar-refractivity contribution in [2.45, 2.75) is 125 Å². The molecule has 0 aliphatic heterocycles. The second kappa shape index (κ2) is 16.1. The number of esters is 2. The monoisotopic (exact) mass is 594 g/mol. The Kier molecular flexibility index (Phi) is 16.4. The average Bonchev–Trinajstić information content (AvgIpc) is 2.61. The minimum atomic E-state index is -1.10. The van der Waals surface area contributed by atoms with Gasteiger partial charge in [-0.15, -0.1) is 0 Å². The molecule has 2 unspecified atom stereocenters. The maximum Gasteiger partial charge on any atom is 0.338 e. The Bertz CT molecular complexity index is 454. The van der Waals surface area contributed by atoms with Crippen LogP contribution in [0.25, 0.3) is 0 Å². The van der Waals surface area contributed by atoms with Crippen LogP contribution in [0, 0.1) is 0 Å². The minimum absolute atomic E-state index is 0.161. The third-order valence-electron chi connectivity index (χ3n) is 4.51. The molecule has 0 saturated carbocycles. The van der Waals surface area contributed by atoms with Crippen LogP contribution >= 0.6 is 55.1 Å². The SMILES string of the molecule is CC(C)OC(=O)C(Cl)(Br)CCCCCCCCCCCCC(Cl)(Br)C(=O)OC(C)C. The van der Waals surface area contributed by atoms with Crippen LogP contribution in [0.15, 0.2) is 0 Å². The molecular formula is C22H38Br2Cl2O4. The molecule has 178 valence electrons. The molecular weight excluding hydrogens is 559 g/mol. The highest BCUT2D eigenvalue weighted by atomic mass is 79.9. The molecule has 0 fully saturated rings. The lowest BCUT2D eigenvalue weighted by atomic mass is 10.0. The van der Waals surface area contributed by atoms with E-state index in [2.05, 4.69) is 31.9 Å². The van der Waals surface area contributed by atoms with Crippen molar-refractivity contribution in [3.05, 3.63) is 0 Å². The molecule has 0 aromatic carbocycles. The number of hydrogen-bond acceptors (Lipinski definition) is 4. The normalized spacial score (nSPS) is 15.7. The zero-order valence-corrected chi connectivity index (χ0v) is 23.5. The maximum absolute atomic E-state index is 11.9. The molecule has 0 N–H and O–H groups in total. The summed E-state index contributed by atoms with van der Waals surface area (Å²) in [6.45, 7) is 7.26. The summed E-state index contributed by atoms with van der Waals surface area (Å²) >= 11 is 19.0. The van der Waals surface area contributed by atoms with Crippen molar-refractivity contribution < 1.29 is 19.1 Å². The largest absolute Gasteiger partial charge is 0.461 e. The molecule has 0 bridgehead atoms. The lowest BCUT2D eigenvalue weighted by molar-refractivity contribution is -0.148. The van der Waals surface area contributed by atoms with E-state index in [-0.39, 0.29) is 12.2 Å². The summed E-state index contributed by atoms with van der Waals surface area (Å²) < 4.78 is 8.12. The Morgan fingerprint density at radius 1 is 0.633 bits per heavy atom. The van der Waals surface area contributed by atoms with Crippen LogP contribution in [-0.4, -0.2) is 31.7 Å². The molecule has 0 saturated heterocycles. The fraction of sp³-hybridized carbons (Fsp3) is 0.909.